The first-order valence-electron chi connectivity index (χ1n) is 4.59. The summed E-state index contributed by atoms with van der Waals surface area (Å²) in [5.74, 6) is -1.63. The van der Waals surface area contributed by atoms with E-state index in [-0.39, 0.29) is 17.0 Å². The summed E-state index contributed by atoms with van der Waals surface area (Å²) in [5.41, 5.74) is 0.510. The molecule has 0 saturated heterocycles. The van der Waals surface area contributed by atoms with Gasteiger partial charge in [0.05, 0.1) is 0 Å². The maximum absolute atomic E-state index is 12.2. The van der Waals surface area contributed by atoms with Crippen molar-refractivity contribution in [2.24, 2.45) is 0 Å². The molecule has 1 aromatic heterocycles. The molecule has 0 spiro atoms. The molecule has 94 valence electrons. The van der Waals surface area contributed by atoms with E-state index in [0.29, 0.717) is 0 Å². The lowest BCUT2D eigenvalue weighted by atomic mass is 10.1. The first kappa shape index (κ1) is 12.6. The smallest absolute Gasteiger partial charge is 0.329 e. The van der Waals surface area contributed by atoms with Crippen molar-refractivity contribution in [3.8, 4) is 11.4 Å². The Morgan fingerprint density at radius 2 is 1.83 bits per heavy atom. The highest BCUT2D eigenvalue weighted by Gasteiger charge is 2.38. The Kier molecular flexibility index (Phi) is 3.08. The minimum atomic E-state index is -4.68. The maximum Gasteiger partial charge on any atom is 0.471 e. The van der Waals surface area contributed by atoms with Crippen LogP contribution in [0.4, 0.5) is 13.2 Å². The largest absolute Gasteiger partial charge is 0.471 e. The predicted molar refractivity (Wildman–Crippen MR) is 54.9 cm³/mol. The van der Waals surface area contributed by atoms with Crippen molar-refractivity contribution in [1.82, 2.24) is 10.1 Å². The zero-order valence-corrected chi connectivity index (χ0v) is 9.29. The molecule has 8 heteroatoms. The topological polar surface area (TPSA) is 56.0 Å². The third-order valence-corrected chi connectivity index (χ3v) is 2.26. The van der Waals surface area contributed by atoms with Gasteiger partial charge in [-0.25, -0.2) is 0 Å². The van der Waals surface area contributed by atoms with E-state index in [1.54, 1.807) is 0 Å². The molecular formula is C10H4ClF3N2O2. The van der Waals surface area contributed by atoms with E-state index in [0.717, 1.165) is 0 Å². The zero-order chi connectivity index (χ0) is 13.3. The third kappa shape index (κ3) is 2.51. The van der Waals surface area contributed by atoms with Crippen LogP contribution in [-0.4, -0.2) is 15.4 Å². The van der Waals surface area contributed by atoms with Crippen LogP contribution in [-0.2, 0) is 6.18 Å². The van der Waals surface area contributed by atoms with E-state index in [4.69, 9.17) is 11.6 Å². The summed E-state index contributed by atoms with van der Waals surface area (Å²) in [6.07, 6.45) is -4.68. The van der Waals surface area contributed by atoms with Gasteiger partial charge in [-0.3, -0.25) is 4.79 Å². The quantitative estimate of drug-likeness (QED) is 0.791. The molecule has 18 heavy (non-hydrogen) atoms. The summed E-state index contributed by atoms with van der Waals surface area (Å²) in [4.78, 5) is 14.0. The van der Waals surface area contributed by atoms with E-state index < -0.39 is 17.3 Å². The van der Waals surface area contributed by atoms with E-state index in [1.165, 1.54) is 24.3 Å². The SMILES string of the molecule is O=C(Cl)c1ccc(-c2noc(C(F)(F)F)n2)cc1. The van der Waals surface area contributed by atoms with Crippen LogP contribution in [0.25, 0.3) is 11.4 Å². The number of rotatable bonds is 2. The molecule has 0 atom stereocenters. The molecule has 2 aromatic rings. The first-order valence-corrected chi connectivity index (χ1v) is 4.97. The van der Waals surface area contributed by atoms with Crippen molar-refractivity contribution in [2.75, 3.05) is 0 Å². The Hall–Kier alpha value is -1.89. The Labute approximate surface area is 103 Å². The summed E-state index contributed by atoms with van der Waals surface area (Å²) in [6.45, 7) is 0. The van der Waals surface area contributed by atoms with Crippen LogP contribution in [0.15, 0.2) is 28.8 Å². The molecule has 0 bridgehead atoms. The van der Waals surface area contributed by atoms with Gasteiger partial charge in [0.25, 0.3) is 5.24 Å². The fraction of sp³-hybridized carbons (Fsp3) is 0.100. The second-order valence-electron chi connectivity index (χ2n) is 3.27. The Bertz CT molecular complexity index is 578. The Morgan fingerprint density at radius 3 is 2.28 bits per heavy atom. The minimum absolute atomic E-state index is 0.212. The van der Waals surface area contributed by atoms with Crippen molar-refractivity contribution < 1.29 is 22.5 Å². The van der Waals surface area contributed by atoms with E-state index in [1.807, 2.05) is 0 Å². The number of carbonyl (C=O) groups is 1. The average Bonchev–Trinajstić information content (AvgIpc) is 2.78. The van der Waals surface area contributed by atoms with Crippen LogP contribution in [0.5, 0.6) is 0 Å². The number of alkyl halides is 3. The lowest BCUT2D eigenvalue weighted by Crippen LogP contribution is -2.04. The maximum atomic E-state index is 12.2. The molecule has 0 N–H and O–H groups in total. The van der Waals surface area contributed by atoms with Gasteiger partial charge in [-0.1, -0.05) is 17.3 Å². The molecule has 1 heterocycles. The molecule has 0 aliphatic heterocycles. The molecular weight excluding hydrogens is 273 g/mol. The fourth-order valence-electron chi connectivity index (χ4n) is 1.21. The van der Waals surface area contributed by atoms with Crippen LogP contribution in [0.1, 0.15) is 16.2 Å². The van der Waals surface area contributed by atoms with E-state index in [2.05, 4.69) is 14.7 Å². The van der Waals surface area contributed by atoms with Crippen molar-refractivity contribution >= 4 is 16.8 Å². The first-order chi connectivity index (χ1) is 8.38. The molecule has 0 fully saturated rings. The molecule has 0 aliphatic carbocycles. The van der Waals surface area contributed by atoms with Crippen LogP contribution in [0.3, 0.4) is 0 Å². The molecule has 0 aliphatic rings. The number of aromatic nitrogens is 2. The number of carbonyl (C=O) groups excluding carboxylic acids is 1. The fourth-order valence-corrected chi connectivity index (χ4v) is 1.33. The highest BCUT2D eigenvalue weighted by Crippen LogP contribution is 2.29. The highest BCUT2D eigenvalue weighted by molar-refractivity contribution is 6.67. The molecule has 0 saturated carbocycles. The van der Waals surface area contributed by atoms with E-state index >= 15 is 0 Å². The molecule has 1 aromatic carbocycles. The predicted octanol–water partition coefficient (Wildman–Crippen LogP) is 3.13. The molecule has 0 unspecified atom stereocenters. The Balaban J connectivity index is 2.32. The Morgan fingerprint density at radius 1 is 1.22 bits per heavy atom. The molecule has 2 rings (SSSR count). The summed E-state index contributed by atoms with van der Waals surface area (Å²) in [6, 6.07) is 5.46. The van der Waals surface area contributed by atoms with Gasteiger partial charge in [0.1, 0.15) is 0 Å². The van der Waals surface area contributed by atoms with Gasteiger partial charge in [-0.15, -0.1) is 0 Å². The highest BCUT2D eigenvalue weighted by atomic mass is 35.5. The lowest BCUT2D eigenvalue weighted by molar-refractivity contribution is -0.159. The lowest BCUT2D eigenvalue weighted by Gasteiger charge is -1.97. The van der Waals surface area contributed by atoms with Crippen molar-refractivity contribution in [2.45, 2.75) is 6.18 Å². The average molecular weight is 277 g/mol. The summed E-state index contributed by atoms with van der Waals surface area (Å²) < 4.78 is 40.8. The monoisotopic (exact) mass is 276 g/mol. The molecule has 0 radical (unpaired) electrons. The van der Waals surface area contributed by atoms with Crippen LogP contribution < -0.4 is 0 Å². The molecule has 0 amide bonds. The van der Waals surface area contributed by atoms with Gasteiger partial charge in [0, 0.05) is 11.1 Å². The molecule has 4 nitrogen and oxygen atoms in total. The number of halogens is 4. The third-order valence-electron chi connectivity index (χ3n) is 2.04. The summed E-state index contributed by atoms with van der Waals surface area (Å²) in [7, 11) is 0. The van der Waals surface area contributed by atoms with Crippen LogP contribution in [0, 0.1) is 0 Å². The van der Waals surface area contributed by atoms with Gasteiger partial charge in [0.15, 0.2) is 0 Å². The number of nitrogens with zero attached hydrogens (tertiary/aromatic N) is 2. The van der Waals surface area contributed by atoms with Gasteiger partial charge < -0.3 is 4.52 Å². The second-order valence-corrected chi connectivity index (χ2v) is 3.62. The van der Waals surface area contributed by atoms with Crippen LogP contribution in [0.2, 0.25) is 0 Å². The van der Waals surface area contributed by atoms with Gasteiger partial charge >= 0.3 is 12.1 Å². The number of benzene rings is 1. The van der Waals surface area contributed by atoms with Gasteiger partial charge in [-0.2, -0.15) is 18.2 Å². The standard InChI is InChI=1S/C10H4ClF3N2O2/c11-7(17)5-1-3-6(4-2-5)8-15-9(18-16-8)10(12,13)14/h1-4H. The summed E-state index contributed by atoms with van der Waals surface area (Å²) >= 11 is 5.23. The normalized spacial score (nSPS) is 11.6. The number of hydrogen-bond donors (Lipinski definition) is 0. The zero-order valence-electron chi connectivity index (χ0n) is 8.53. The van der Waals surface area contributed by atoms with Crippen LogP contribution >= 0.6 is 11.6 Å². The van der Waals surface area contributed by atoms with E-state index in [9.17, 15) is 18.0 Å². The van der Waals surface area contributed by atoms with Crippen molar-refractivity contribution in [1.29, 1.82) is 0 Å². The number of hydrogen-bond acceptors (Lipinski definition) is 4. The van der Waals surface area contributed by atoms with Crippen molar-refractivity contribution in [3.63, 3.8) is 0 Å². The van der Waals surface area contributed by atoms with Gasteiger partial charge in [0.2, 0.25) is 5.82 Å². The minimum Gasteiger partial charge on any atom is -0.329 e. The second kappa shape index (κ2) is 4.41. The van der Waals surface area contributed by atoms with Crippen molar-refractivity contribution in [3.05, 3.63) is 35.7 Å². The van der Waals surface area contributed by atoms with Gasteiger partial charge in [-0.05, 0) is 23.7 Å². The summed E-state index contributed by atoms with van der Waals surface area (Å²) in [5, 5.41) is 2.54.